The van der Waals surface area contributed by atoms with E-state index in [1.165, 1.54) is 54.8 Å². The highest BCUT2D eigenvalue weighted by Gasteiger charge is 2.21. The van der Waals surface area contributed by atoms with Crippen molar-refractivity contribution in [2.24, 2.45) is 0 Å². The van der Waals surface area contributed by atoms with Crippen molar-refractivity contribution in [3.8, 4) is 5.69 Å². The molecular weight excluding hydrogens is 364 g/mol. The van der Waals surface area contributed by atoms with Gasteiger partial charge in [0, 0.05) is 33.4 Å². The zero-order valence-corrected chi connectivity index (χ0v) is 17.8. The van der Waals surface area contributed by atoms with Crippen molar-refractivity contribution in [3.63, 3.8) is 0 Å². The quantitative estimate of drug-likeness (QED) is 0.266. The van der Waals surface area contributed by atoms with Crippen LogP contribution in [0.2, 0.25) is 0 Å². The summed E-state index contributed by atoms with van der Waals surface area (Å²) in [7, 11) is 0. The van der Waals surface area contributed by atoms with E-state index >= 15 is 0 Å². The van der Waals surface area contributed by atoms with Crippen molar-refractivity contribution in [2.45, 2.75) is 33.1 Å². The Morgan fingerprint density at radius 1 is 0.733 bits per heavy atom. The number of fused-ring (bicyclic) bond motifs is 3. The van der Waals surface area contributed by atoms with Crippen LogP contribution < -0.4 is 0 Å². The van der Waals surface area contributed by atoms with E-state index in [0.29, 0.717) is 0 Å². The highest BCUT2D eigenvalue weighted by atomic mass is 15.0. The van der Waals surface area contributed by atoms with Crippen LogP contribution in [-0.4, -0.2) is 9.55 Å². The van der Waals surface area contributed by atoms with Gasteiger partial charge in [0.1, 0.15) is 0 Å². The summed E-state index contributed by atoms with van der Waals surface area (Å²) in [5.74, 6) is 0. The van der Waals surface area contributed by atoms with Crippen LogP contribution in [0.5, 0.6) is 0 Å². The van der Waals surface area contributed by atoms with E-state index in [1.54, 1.807) is 0 Å². The van der Waals surface area contributed by atoms with Crippen LogP contribution in [0.15, 0.2) is 72.9 Å². The van der Waals surface area contributed by atoms with Gasteiger partial charge in [-0.2, -0.15) is 0 Å². The summed E-state index contributed by atoms with van der Waals surface area (Å²) >= 11 is 0. The van der Waals surface area contributed by atoms with Crippen LogP contribution in [0, 0.1) is 6.92 Å². The van der Waals surface area contributed by atoms with E-state index in [0.717, 1.165) is 5.52 Å². The Morgan fingerprint density at radius 2 is 1.47 bits per heavy atom. The van der Waals surface area contributed by atoms with Gasteiger partial charge < -0.3 is 4.57 Å². The van der Waals surface area contributed by atoms with Crippen LogP contribution in [0.1, 0.15) is 31.9 Å². The summed E-state index contributed by atoms with van der Waals surface area (Å²) in [4.78, 5) is 4.78. The predicted molar refractivity (Wildman–Crippen MR) is 128 cm³/mol. The van der Waals surface area contributed by atoms with Crippen molar-refractivity contribution in [1.29, 1.82) is 0 Å². The number of hydrogen-bond donors (Lipinski definition) is 0. The van der Waals surface area contributed by atoms with Crippen molar-refractivity contribution in [2.75, 3.05) is 0 Å². The highest BCUT2D eigenvalue weighted by Crippen LogP contribution is 2.43. The maximum atomic E-state index is 4.78. The van der Waals surface area contributed by atoms with Crippen molar-refractivity contribution < 1.29 is 0 Å². The smallest absolute Gasteiger partial charge is 0.0787 e. The van der Waals surface area contributed by atoms with E-state index in [9.17, 15) is 0 Å². The summed E-state index contributed by atoms with van der Waals surface area (Å²) in [5, 5.41) is 6.40. The Balaban J connectivity index is 1.81. The van der Waals surface area contributed by atoms with E-state index in [1.807, 2.05) is 12.3 Å². The Bertz CT molecular complexity index is 1560. The molecule has 2 nitrogen and oxygen atoms in total. The molecule has 0 aliphatic heterocycles. The third-order valence-corrected chi connectivity index (χ3v) is 6.38. The molecule has 0 saturated heterocycles. The molecule has 4 aromatic carbocycles. The molecule has 0 radical (unpaired) electrons. The molecule has 0 bridgehead atoms. The van der Waals surface area contributed by atoms with E-state index in [4.69, 9.17) is 4.98 Å². The second-order valence-corrected chi connectivity index (χ2v) is 9.44. The molecule has 0 aliphatic rings. The van der Waals surface area contributed by atoms with Gasteiger partial charge in [-0.15, -0.1) is 0 Å². The molecular formula is C28H24N2. The van der Waals surface area contributed by atoms with Crippen LogP contribution in [0.3, 0.4) is 0 Å². The van der Waals surface area contributed by atoms with Gasteiger partial charge >= 0.3 is 0 Å². The zero-order chi connectivity index (χ0) is 20.6. The van der Waals surface area contributed by atoms with Gasteiger partial charge in [-0.25, -0.2) is 0 Å². The fraction of sp³-hybridized carbons (Fsp3) is 0.179. The summed E-state index contributed by atoms with van der Waals surface area (Å²) in [6.45, 7) is 8.96. The number of hydrogen-bond acceptors (Lipinski definition) is 1. The molecule has 0 amide bonds. The molecule has 6 rings (SSSR count). The van der Waals surface area contributed by atoms with Crippen molar-refractivity contribution in [1.82, 2.24) is 9.55 Å². The first-order valence-electron chi connectivity index (χ1n) is 10.6. The van der Waals surface area contributed by atoms with Gasteiger partial charge in [-0.05, 0) is 65.3 Å². The molecule has 2 heteroatoms. The predicted octanol–water partition coefficient (Wildman–Crippen LogP) is 7.53. The maximum absolute atomic E-state index is 4.78. The minimum atomic E-state index is 0.145. The molecule has 2 aromatic heterocycles. The zero-order valence-electron chi connectivity index (χ0n) is 17.8. The number of nitrogens with zero attached hydrogens (tertiary/aromatic N) is 2. The standard InChI is InChI=1S/C28H24N2/c1-17-15-22-26-24(16-17)30(19-12-10-18(11-13-19)28(2,3)4)23-9-5-7-20(25(23)26)21-8-6-14-29-27(21)22/h5-16H,1-4H3. The minimum Gasteiger partial charge on any atom is -0.309 e. The first-order chi connectivity index (χ1) is 14.4. The SMILES string of the molecule is Cc1cc2c3ncccc3c3cccc4c3c2c(c1)n4-c1ccc(C(C)(C)C)cc1. The molecule has 2 heterocycles. The molecule has 0 fully saturated rings. The lowest BCUT2D eigenvalue weighted by molar-refractivity contribution is 0.590. The fourth-order valence-electron chi connectivity index (χ4n) is 4.96. The van der Waals surface area contributed by atoms with Gasteiger partial charge in [-0.3, -0.25) is 4.98 Å². The fourth-order valence-corrected chi connectivity index (χ4v) is 4.96. The lowest BCUT2D eigenvalue weighted by Crippen LogP contribution is -2.10. The normalized spacial score (nSPS) is 12.7. The molecule has 0 atom stereocenters. The number of pyridine rings is 1. The molecule has 0 unspecified atom stereocenters. The van der Waals surface area contributed by atoms with E-state index in [2.05, 4.69) is 92.9 Å². The summed E-state index contributed by atoms with van der Waals surface area (Å²) in [6, 6.07) is 24.6. The van der Waals surface area contributed by atoms with Gasteiger partial charge in [0.2, 0.25) is 0 Å². The maximum Gasteiger partial charge on any atom is 0.0787 e. The second-order valence-electron chi connectivity index (χ2n) is 9.44. The molecule has 0 saturated carbocycles. The molecule has 30 heavy (non-hydrogen) atoms. The van der Waals surface area contributed by atoms with Gasteiger partial charge in [0.15, 0.2) is 0 Å². The number of aryl methyl sites for hydroxylation is 1. The number of aromatic nitrogens is 2. The Morgan fingerprint density at radius 3 is 2.23 bits per heavy atom. The Kier molecular flexibility index (Phi) is 3.39. The Labute approximate surface area is 176 Å². The Hall–Kier alpha value is -3.39. The summed E-state index contributed by atoms with van der Waals surface area (Å²) in [5.41, 5.74) is 7.56. The first kappa shape index (κ1) is 17.5. The monoisotopic (exact) mass is 388 g/mol. The highest BCUT2D eigenvalue weighted by molar-refractivity contribution is 6.33. The largest absolute Gasteiger partial charge is 0.309 e. The van der Waals surface area contributed by atoms with E-state index in [-0.39, 0.29) is 5.41 Å². The molecule has 0 spiro atoms. The van der Waals surface area contributed by atoms with Crippen LogP contribution >= 0.6 is 0 Å². The lowest BCUT2D eigenvalue weighted by atomic mass is 9.87. The molecule has 0 aliphatic carbocycles. The average molecular weight is 389 g/mol. The van der Waals surface area contributed by atoms with Crippen LogP contribution in [0.4, 0.5) is 0 Å². The van der Waals surface area contributed by atoms with Gasteiger partial charge in [0.25, 0.3) is 0 Å². The van der Waals surface area contributed by atoms with E-state index < -0.39 is 0 Å². The first-order valence-corrected chi connectivity index (χ1v) is 10.6. The minimum absolute atomic E-state index is 0.145. The second kappa shape index (κ2) is 5.82. The molecule has 0 N–H and O–H groups in total. The lowest BCUT2D eigenvalue weighted by Gasteiger charge is -2.19. The van der Waals surface area contributed by atoms with Crippen LogP contribution in [-0.2, 0) is 5.41 Å². The number of benzene rings is 4. The van der Waals surface area contributed by atoms with Crippen LogP contribution in [0.25, 0.3) is 49.2 Å². The summed E-state index contributed by atoms with van der Waals surface area (Å²) < 4.78 is 2.42. The third-order valence-electron chi connectivity index (χ3n) is 6.38. The average Bonchev–Trinajstić information content (AvgIpc) is 3.06. The summed E-state index contributed by atoms with van der Waals surface area (Å²) in [6.07, 6.45) is 1.90. The van der Waals surface area contributed by atoms with Crippen molar-refractivity contribution >= 4 is 43.5 Å². The van der Waals surface area contributed by atoms with Gasteiger partial charge in [0.05, 0.1) is 16.6 Å². The van der Waals surface area contributed by atoms with Crippen molar-refractivity contribution in [3.05, 3.63) is 84.1 Å². The third kappa shape index (κ3) is 2.28. The topological polar surface area (TPSA) is 17.8 Å². The number of rotatable bonds is 1. The molecule has 6 aromatic rings. The van der Waals surface area contributed by atoms with Gasteiger partial charge in [-0.1, -0.05) is 51.1 Å². The molecule has 146 valence electrons.